The molecule has 0 aromatic heterocycles. The first-order chi connectivity index (χ1) is 10.9. The Kier molecular flexibility index (Phi) is 4.59. The molecule has 2 heterocycles. The van der Waals surface area contributed by atoms with Crippen molar-refractivity contribution in [2.75, 3.05) is 18.4 Å². The van der Waals surface area contributed by atoms with Crippen LogP contribution in [0.1, 0.15) is 55.7 Å². The Morgan fingerprint density at radius 1 is 1.22 bits per heavy atom. The van der Waals surface area contributed by atoms with Gasteiger partial charge >= 0.3 is 6.18 Å². The van der Waals surface area contributed by atoms with E-state index in [1.807, 2.05) is 6.07 Å². The van der Waals surface area contributed by atoms with Crippen LogP contribution < -0.4 is 10.6 Å². The van der Waals surface area contributed by atoms with E-state index in [1.165, 1.54) is 6.07 Å². The molecular formula is C18H25F3N2. The second-order valence-electron chi connectivity index (χ2n) is 6.84. The molecule has 0 unspecified atom stereocenters. The van der Waals surface area contributed by atoms with Gasteiger partial charge in [-0.1, -0.05) is 32.8 Å². The quantitative estimate of drug-likeness (QED) is 0.848. The fourth-order valence-corrected chi connectivity index (χ4v) is 3.98. The number of hydrogen-bond donors (Lipinski definition) is 2. The van der Waals surface area contributed by atoms with Gasteiger partial charge in [-0.05, 0) is 42.5 Å². The first-order valence-electron chi connectivity index (χ1n) is 8.65. The maximum Gasteiger partial charge on any atom is 0.418 e. The van der Waals surface area contributed by atoms with Crippen LogP contribution >= 0.6 is 0 Å². The van der Waals surface area contributed by atoms with Crippen molar-refractivity contribution < 1.29 is 13.2 Å². The third-order valence-corrected chi connectivity index (χ3v) is 5.42. The molecule has 2 N–H and O–H groups in total. The Morgan fingerprint density at radius 2 is 1.96 bits per heavy atom. The number of benzene rings is 1. The lowest BCUT2D eigenvalue weighted by molar-refractivity contribution is -0.137. The van der Waals surface area contributed by atoms with Crippen LogP contribution in [0.4, 0.5) is 18.9 Å². The average molecular weight is 326 g/mol. The first-order valence-corrected chi connectivity index (χ1v) is 8.65. The molecule has 0 radical (unpaired) electrons. The minimum atomic E-state index is -4.30. The molecule has 1 fully saturated rings. The lowest BCUT2D eigenvalue weighted by atomic mass is 9.86. The SMILES string of the molecule is CCC(CC)Cc1cc2c(c(C(F)(F)F)c1)N[C@H]1CCNC[C@@H]21. The van der Waals surface area contributed by atoms with Gasteiger partial charge in [0.2, 0.25) is 0 Å². The van der Waals surface area contributed by atoms with Gasteiger partial charge in [0.05, 0.1) is 11.3 Å². The number of piperidine rings is 1. The molecular weight excluding hydrogens is 301 g/mol. The average Bonchev–Trinajstić information content (AvgIpc) is 2.89. The van der Waals surface area contributed by atoms with Crippen LogP contribution in [0.2, 0.25) is 0 Å². The molecule has 23 heavy (non-hydrogen) atoms. The molecule has 128 valence electrons. The highest BCUT2D eigenvalue weighted by Crippen LogP contribution is 2.46. The van der Waals surface area contributed by atoms with Crippen molar-refractivity contribution in [1.82, 2.24) is 5.32 Å². The van der Waals surface area contributed by atoms with Gasteiger partial charge in [-0.3, -0.25) is 0 Å². The van der Waals surface area contributed by atoms with Crippen LogP contribution in [0.15, 0.2) is 12.1 Å². The third-order valence-electron chi connectivity index (χ3n) is 5.42. The van der Waals surface area contributed by atoms with Crippen molar-refractivity contribution in [1.29, 1.82) is 0 Å². The van der Waals surface area contributed by atoms with Crippen LogP contribution in [-0.4, -0.2) is 19.1 Å². The van der Waals surface area contributed by atoms with Crippen LogP contribution in [0.3, 0.4) is 0 Å². The molecule has 0 saturated carbocycles. The zero-order chi connectivity index (χ0) is 16.6. The number of hydrogen-bond acceptors (Lipinski definition) is 2. The Hall–Kier alpha value is -1.23. The van der Waals surface area contributed by atoms with Crippen molar-refractivity contribution in [3.8, 4) is 0 Å². The number of halogens is 3. The van der Waals surface area contributed by atoms with E-state index in [-0.39, 0.29) is 12.0 Å². The lowest BCUT2D eigenvalue weighted by Crippen LogP contribution is -2.38. The first kappa shape index (κ1) is 16.6. The standard InChI is InChI=1S/C18H25F3N2/c1-3-11(4-2)7-12-8-13-14-10-22-6-5-16(14)23-17(13)15(9-12)18(19,20)21/h8-9,11,14,16,22-23H,3-7,10H2,1-2H3/t14-,16-/m0/s1. The maximum atomic E-state index is 13.5. The topological polar surface area (TPSA) is 24.1 Å². The second-order valence-corrected chi connectivity index (χ2v) is 6.84. The molecule has 3 rings (SSSR count). The number of anilines is 1. The van der Waals surface area contributed by atoms with Crippen LogP contribution in [0.25, 0.3) is 0 Å². The summed E-state index contributed by atoms with van der Waals surface area (Å²) in [6.07, 6.45) is -0.698. The highest BCUT2D eigenvalue weighted by Gasteiger charge is 2.42. The van der Waals surface area contributed by atoms with E-state index < -0.39 is 11.7 Å². The summed E-state index contributed by atoms with van der Waals surface area (Å²) in [6.45, 7) is 5.84. The molecule has 2 atom stereocenters. The van der Waals surface area contributed by atoms with Crippen LogP contribution in [0.5, 0.6) is 0 Å². The van der Waals surface area contributed by atoms with E-state index in [9.17, 15) is 13.2 Å². The summed E-state index contributed by atoms with van der Waals surface area (Å²) in [6, 6.07) is 3.53. The zero-order valence-electron chi connectivity index (χ0n) is 13.8. The molecule has 1 aromatic carbocycles. The van der Waals surface area contributed by atoms with Gasteiger partial charge in [0.15, 0.2) is 0 Å². The maximum absolute atomic E-state index is 13.5. The molecule has 2 aliphatic rings. The second kappa shape index (κ2) is 6.34. The molecule has 5 heteroatoms. The fourth-order valence-electron chi connectivity index (χ4n) is 3.98. The van der Waals surface area contributed by atoms with Gasteiger partial charge < -0.3 is 10.6 Å². The van der Waals surface area contributed by atoms with Crippen molar-refractivity contribution in [3.63, 3.8) is 0 Å². The Balaban J connectivity index is 2.01. The number of rotatable bonds is 4. The fraction of sp³-hybridized carbons (Fsp3) is 0.667. The monoisotopic (exact) mass is 326 g/mol. The van der Waals surface area contributed by atoms with E-state index in [4.69, 9.17) is 0 Å². The van der Waals surface area contributed by atoms with Gasteiger partial charge in [0, 0.05) is 18.5 Å². The molecule has 0 amide bonds. The van der Waals surface area contributed by atoms with Crippen LogP contribution in [-0.2, 0) is 12.6 Å². The summed E-state index contributed by atoms with van der Waals surface area (Å²) in [4.78, 5) is 0. The Labute approximate surface area is 135 Å². The highest BCUT2D eigenvalue weighted by molar-refractivity contribution is 5.67. The molecule has 0 spiro atoms. The predicted molar refractivity (Wildman–Crippen MR) is 86.9 cm³/mol. The Bertz CT molecular complexity index is 564. The van der Waals surface area contributed by atoms with Crippen molar-refractivity contribution in [2.24, 2.45) is 5.92 Å². The molecule has 1 aromatic rings. The minimum Gasteiger partial charge on any atom is -0.381 e. The molecule has 0 bridgehead atoms. The Morgan fingerprint density at radius 3 is 2.61 bits per heavy atom. The smallest absolute Gasteiger partial charge is 0.381 e. The summed E-state index contributed by atoms with van der Waals surface area (Å²) in [5, 5.41) is 6.48. The molecule has 0 aliphatic carbocycles. The summed E-state index contributed by atoms with van der Waals surface area (Å²) in [7, 11) is 0. The van der Waals surface area contributed by atoms with E-state index in [0.29, 0.717) is 11.6 Å². The highest BCUT2D eigenvalue weighted by atomic mass is 19.4. The van der Waals surface area contributed by atoms with E-state index in [2.05, 4.69) is 24.5 Å². The number of fused-ring (bicyclic) bond motifs is 3. The zero-order valence-corrected chi connectivity index (χ0v) is 13.8. The van der Waals surface area contributed by atoms with E-state index in [0.717, 1.165) is 49.9 Å². The van der Waals surface area contributed by atoms with Crippen LogP contribution in [0, 0.1) is 5.92 Å². The number of nitrogens with one attached hydrogen (secondary N) is 2. The summed E-state index contributed by atoms with van der Waals surface area (Å²) in [5.74, 6) is 0.602. The van der Waals surface area contributed by atoms with E-state index in [1.54, 1.807) is 0 Å². The molecule has 2 aliphatic heterocycles. The molecule has 1 saturated heterocycles. The summed E-state index contributed by atoms with van der Waals surface area (Å²) >= 11 is 0. The third kappa shape index (κ3) is 3.21. The van der Waals surface area contributed by atoms with Crippen molar-refractivity contribution in [2.45, 2.75) is 57.7 Å². The summed E-state index contributed by atoms with van der Waals surface area (Å²) < 4.78 is 40.6. The minimum absolute atomic E-state index is 0.135. The van der Waals surface area contributed by atoms with Crippen molar-refractivity contribution in [3.05, 3.63) is 28.8 Å². The predicted octanol–water partition coefficient (Wildman–Crippen LogP) is 4.56. The lowest BCUT2D eigenvalue weighted by Gasteiger charge is -2.26. The largest absolute Gasteiger partial charge is 0.418 e. The van der Waals surface area contributed by atoms with Gasteiger partial charge in [0.1, 0.15) is 0 Å². The molecule has 2 nitrogen and oxygen atoms in total. The van der Waals surface area contributed by atoms with Gasteiger partial charge in [0.25, 0.3) is 0 Å². The van der Waals surface area contributed by atoms with Gasteiger partial charge in [-0.15, -0.1) is 0 Å². The van der Waals surface area contributed by atoms with Gasteiger partial charge in [-0.2, -0.15) is 13.2 Å². The van der Waals surface area contributed by atoms with E-state index >= 15 is 0 Å². The number of alkyl halides is 3. The van der Waals surface area contributed by atoms with Crippen molar-refractivity contribution >= 4 is 5.69 Å². The summed E-state index contributed by atoms with van der Waals surface area (Å²) in [5.41, 5.74) is 1.53. The van der Waals surface area contributed by atoms with Gasteiger partial charge in [-0.25, -0.2) is 0 Å². The normalized spacial score (nSPS) is 23.6.